The molecule has 0 aromatic heterocycles. The first kappa shape index (κ1) is 30.9. The average molecular weight is 573 g/mol. The summed E-state index contributed by atoms with van der Waals surface area (Å²) in [6.07, 6.45) is 5.07. The third-order valence-electron chi connectivity index (χ3n) is 8.25. The van der Waals surface area contributed by atoms with Crippen LogP contribution in [0.25, 0.3) is 0 Å². The van der Waals surface area contributed by atoms with Crippen molar-refractivity contribution in [2.75, 3.05) is 46.6 Å². The quantitative estimate of drug-likeness (QED) is 0.281. The minimum absolute atomic E-state index is 0.129. The number of ether oxygens (including phenoxy) is 3. The zero-order chi connectivity index (χ0) is 29.4. The third kappa shape index (κ3) is 8.98. The highest BCUT2D eigenvalue weighted by molar-refractivity contribution is 5.98. The molecule has 0 spiro atoms. The third-order valence-corrected chi connectivity index (χ3v) is 8.25. The van der Waals surface area contributed by atoms with Crippen LogP contribution in [0.3, 0.4) is 0 Å². The van der Waals surface area contributed by atoms with Gasteiger partial charge in [0, 0.05) is 19.5 Å². The summed E-state index contributed by atoms with van der Waals surface area (Å²) in [4.78, 5) is 54.8. The van der Waals surface area contributed by atoms with Gasteiger partial charge in [-0.05, 0) is 43.9 Å². The SMILES string of the molecule is COc1ccc(C[C@H](NC(=O)[C@@H](C)NC(=O)CN2CCOCC2)C(=O)N[C@@H](CC2CCCC2)C(=O)[C@@]2(C)CO2)cc1. The van der Waals surface area contributed by atoms with Gasteiger partial charge in [-0.2, -0.15) is 0 Å². The summed E-state index contributed by atoms with van der Waals surface area (Å²) >= 11 is 0. The number of hydrogen-bond acceptors (Lipinski definition) is 8. The molecule has 226 valence electrons. The van der Waals surface area contributed by atoms with Gasteiger partial charge in [0.25, 0.3) is 0 Å². The van der Waals surface area contributed by atoms with Gasteiger partial charge in [-0.1, -0.05) is 37.8 Å². The fraction of sp³-hybridized carbons (Fsp3) is 0.667. The Labute approximate surface area is 242 Å². The molecule has 4 atom stereocenters. The molecule has 3 N–H and O–H groups in total. The molecule has 0 bridgehead atoms. The first-order chi connectivity index (χ1) is 19.7. The number of Topliss-reactive ketones (excluding diaryl/α,β-unsaturated/α-hetero) is 1. The molecule has 0 radical (unpaired) electrons. The van der Waals surface area contributed by atoms with Crippen molar-refractivity contribution in [1.82, 2.24) is 20.9 Å². The summed E-state index contributed by atoms with van der Waals surface area (Å²) in [5.41, 5.74) is -0.0590. The van der Waals surface area contributed by atoms with Crippen LogP contribution in [0.1, 0.15) is 51.5 Å². The zero-order valence-electron chi connectivity index (χ0n) is 24.4. The van der Waals surface area contributed by atoms with E-state index in [9.17, 15) is 19.2 Å². The Morgan fingerprint density at radius 2 is 1.63 bits per heavy atom. The molecule has 2 heterocycles. The molecule has 3 amide bonds. The smallest absolute Gasteiger partial charge is 0.243 e. The fourth-order valence-electron chi connectivity index (χ4n) is 5.52. The molecule has 1 aromatic carbocycles. The van der Waals surface area contributed by atoms with E-state index < -0.39 is 35.5 Å². The van der Waals surface area contributed by atoms with Crippen LogP contribution in [0.15, 0.2) is 24.3 Å². The van der Waals surface area contributed by atoms with E-state index in [0.29, 0.717) is 51.0 Å². The Hall–Kier alpha value is -3.02. The molecule has 3 aliphatic rings. The lowest BCUT2D eigenvalue weighted by Gasteiger charge is -2.27. The van der Waals surface area contributed by atoms with Crippen LogP contribution >= 0.6 is 0 Å². The topological polar surface area (TPSA) is 139 Å². The Kier molecular flexibility index (Phi) is 10.7. The highest BCUT2D eigenvalue weighted by Crippen LogP contribution is 2.33. The van der Waals surface area contributed by atoms with Crippen molar-refractivity contribution >= 4 is 23.5 Å². The Balaban J connectivity index is 1.43. The molecule has 0 unspecified atom stereocenters. The molecule has 11 heteroatoms. The number of morpholine rings is 1. The van der Waals surface area contributed by atoms with Crippen molar-refractivity contribution in [3.05, 3.63) is 29.8 Å². The van der Waals surface area contributed by atoms with Gasteiger partial charge in [0.1, 0.15) is 23.4 Å². The normalized spacial score (nSPS) is 23.2. The molecular formula is C30H44N4O7. The Morgan fingerprint density at radius 1 is 1.00 bits per heavy atom. The number of epoxide rings is 1. The lowest BCUT2D eigenvalue weighted by Crippen LogP contribution is -2.57. The van der Waals surface area contributed by atoms with Crippen molar-refractivity contribution in [1.29, 1.82) is 0 Å². The first-order valence-corrected chi connectivity index (χ1v) is 14.7. The molecule has 3 fully saturated rings. The van der Waals surface area contributed by atoms with Gasteiger partial charge in [0.05, 0.1) is 39.5 Å². The second-order valence-corrected chi connectivity index (χ2v) is 11.6. The van der Waals surface area contributed by atoms with E-state index in [1.807, 2.05) is 17.0 Å². The maximum absolute atomic E-state index is 13.7. The van der Waals surface area contributed by atoms with Crippen LogP contribution in [0, 0.1) is 5.92 Å². The molecular weight excluding hydrogens is 528 g/mol. The van der Waals surface area contributed by atoms with Gasteiger partial charge in [-0.3, -0.25) is 24.1 Å². The summed E-state index contributed by atoms with van der Waals surface area (Å²) in [5.74, 6) is -0.286. The van der Waals surface area contributed by atoms with Crippen LogP contribution in [0.4, 0.5) is 0 Å². The maximum atomic E-state index is 13.7. The largest absolute Gasteiger partial charge is 0.497 e. The number of hydrogen-bond donors (Lipinski definition) is 3. The number of ketones is 1. The van der Waals surface area contributed by atoms with E-state index in [2.05, 4.69) is 16.0 Å². The van der Waals surface area contributed by atoms with Gasteiger partial charge in [0.15, 0.2) is 5.78 Å². The zero-order valence-corrected chi connectivity index (χ0v) is 24.4. The minimum Gasteiger partial charge on any atom is -0.497 e. The number of amides is 3. The number of rotatable bonds is 14. The Bertz CT molecular complexity index is 1060. The molecule has 1 aromatic rings. The van der Waals surface area contributed by atoms with Gasteiger partial charge < -0.3 is 30.2 Å². The van der Waals surface area contributed by atoms with Crippen LogP contribution in [0.5, 0.6) is 5.75 Å². The van der Waals surface area contributed by atoms with Gasteiger partial charge in [-0.25, -0.2) is 0 Å². The maximum Gasteiger partial charge on any atom is 0.243 e. The van der Waals surface area contributed by atoms with Gasteiger partial charge >= 0.3 is 0 Å². The van der Waals surface area contributed by atoms with E-state index in [-0.39, 0.29) is 24.7 Å². The number of carbonyl (C=O) groups is 4. The lowest BCUT2D eigenvalue weighted by atomic mass is 9.90. The number of nitrogens with one attached hydrogen (secondary N) is 3. The molecule has 2 aliphatic heterocycles. The standard InChI is InChI=1S/C30H44N4O7/c1-20(31-26(35)18-34-12-14-40-15-13-34)28(37)33-25(17-22-8-10-23(39-3)11-9-22)29(38)32-24(16-21-6-4-5-7-21)27(36)30(2)19-41-30/h8-11,20-21,24-25H,4-7,12-19H2,1-3H3,(H,31,35)(H,32,38)(H,33,37)/t20-,24+,25+,30-/m1/s1. The van der Waals surface area contributed by atoms with E-state index >= 15 is 0 Å². The summed E-state index contributed by atoms with van der Waals surface area (Å²) < 4.78 is 16.0. The predicted molar refractivity (Wildman–Crippen MR) is 151 cm³/mol. The van der Waals surface area contributed by atoms with Crippen molar-refractivity contribution in [2.24, 2.45) is 5.92 Å². The van der Waals surface area contributed by atoms with Crippen LogP contribution in [0.2, 0.25) is 0 Å². The average Bonchev–Trinajstić information content (AvgIpc) is 3.51. The lowest BCUT2D eigenvalue weighted by molar-refractivity contribution is -0.134. The van der Waals surface area contributed by atoms with Crippen LogP contribution < -0.4 is 20.7 Å². The highest BCUT2D eigenvalue weighted by atomic mass is 16.6. The molecule has 1 saturated carbocycles. The van der Waals surface area contributed by atoms with Crippen molar-refractivity contribution in [2.45, 2.75) is 76.1 Å². The summed E-state index contributed by atoms with van der Waals surface area (Å²) in [6.45, 7) is 6.31. The van der Waals surface area contributed by atoms with Crippen molar-refractivity contribution in [3.8, 4) is 5.75 Å². The summed E-state index contributed by atoms with van der Waals surface area (Å²) in [5, 5.41) is 8.51. The van der Waals surface area contributed by atoms with E-state index in [1.165, 1.54) is 0 Å². The second-order valence-electron chi connectivity index (χ2n) is 11.6. The highest BCUT2D eigenvalue weighted by Gasteiger charge is 2.50. The second kappa shape index (κ2) is 14.2. The van der Waals surface area contributed by atoms with Crippen molar-refractivity contribution < 1.29 is 33.4 Å². The van der Waals surface area contributed by atoms with Gasteiger partial charge in [0.2, 0.25) is 17.7 Å². The fourth-order valence-corrected chi connectivity index (χ4v) is 5.52. The molecule has 4 rings (SSSR count). The molecule has 2 saturated heterocycles. The monoisotopic (exact) mass is 572 g/mol. The summed E-state index contributed by atoms with van der Waals surface area (Å²) in [6, 6.07) is 4.74. The van der Waals surface area contributed by atoms with E-state index in [0.717, 1.165) is 31.2 Å². The summed E-state index contributed by atoms with van der Waals surface area (Å²) in [7, 11) is 1.58. The minimum atomic E-state index is -0.957. The first-order valence-electron chi connectivity index (χ1n) is 14.7. The molecule has 11 nitrogen and oxygen atoms in total. The van der Waals surface area contributed by atoms with Crippen LogP contribution in [-0.4, -0.2) is 98.7 Å². The number of nitrogens with zero attached hydrogens (tertiary/aromatic N) is 1. The van der Waals surface area contributed by atoms with Crippen molar-refractivity contribution in [3.63, 3.8) is 0 Å². The van der Waals surface area contributed by atoms with Crippen LogP contribution in [-0.2, 0) is 35.1 Å². The number of methoxy groups -OCH3 is 1. The van der Waals surface area contributed by atoms with Gasteiger partial charge in [-0.15, -0.1) is 0 Å². The number of carbonyl (C=O) groups excluding carboxylic acids is 4. The molecule has 1 aliphatic carbocycles. The predicted octanol–water partition coefficient (Wildman–Crippen LogP) is 0.983. The number of benzene rings is 1. The van der Waals surface area contributed by atoms with E-state index in [4.69, 9.17) is 14.2 Å². The Morgan fingerprint density at radius 3 is 2.24 bits per heavy atom. The van der Waals surface area contributed by atoms with E-state index in [1.54, 1.807) is 33.1 Å². The molecule has 41 heavy (non-hydrogen) atoms.